The van der Waals surface area contributed by atoms with Crippen LogP contribution in [-0.2, 0) is 13.1 Å². The van der Waals surface area contributed by atoms with Crippen molar-refractivity contribution in [1.82, 2.24) is 20.3 Å². The third kappa shape index (κ3) is 2.56. The lowest BCUT2D eigenvalue weighted by atomic mass is 10.0. The van der Waals surface area contributed by atoms with Gasteiger partial charge in [0.05, 0.1) is 11.9 Å². The average Bonchev–Trinajstić information content (AvgIpc) is 2.80. The van der Waals surface area contributed by atoms with Gasteiger partial charge in [-0.05, 0) is 31.2 Å². The Balaban J connectivity index is 2.47. The third-order valence-electron chi connectivity index (χ3n) is 2.77. The number of benzene rings is 1. The molecule has 0 bridgehead atoms. The number of nitrogens with one attached hydrogen (secondary N) is 1. The molecule has 5 heteroatoms. The summed E-state index contributed by atoms with van der Waals surface area (Å²) in [6.45, 7) is 3.54. The van der Waals surface area contributed by atoms with E-state index in [0.29, 0.717) is 6.54 Å². The van der Waals surface area contributed by atoms with Crippen LogP contribution in [0.1, 0.15) is 18.9 Å². The van der Waals surface area contributed by atoms with Gasteiger partial charge in [-0.15, -0.1) is 5.10 Å². The molecule has 18 heavy (non-hydrogen) atoms. The number of nitrogens with zero attached hydrogens (tertiary/aromatic N) is 3. The quantitative estimate of drug-likeness (QED) is 0.882. The third-order valence-corrected chi connectivity index (χ3v) is 2.77. The predicted molar refractivity (Wildman–Crippen MR) is 68.5 cm³/mol. The molecule has 4 nitrogen and oxygen atoms in total. The predicted octanol–water partition coefficient (Wildman–Crippen LogP) is 2.21. The zero-order chi connectivity index (χ0) is 13.0. The minimum atomic E-state index is -0.242. The second-order valence-corrected chi connectivity index (χ2v) is 4.17. The number of aromatic nitrogens is 3. The number of halogens is 1. The van der Waals surface area contributed by atoms with Crippen molar-refractivity contribution in [3.63, 3.8) is 0 Å². The van der Waals surface area contributed by atoms with Crippen molar-refractivity contribution in [1.29, 1.82) is 0 Å². The minimum Gasteiger partial charge on any atom is -0.316 e. The highest BCUT2D eigenvalue weighted by molar-refractivity contribution is 5.63. The van der Waals surface area contributed by atoms with Crippen LogP contribution in [0.2, 0.25) is 0 Å². The Bertz CT molecular complexity index is 521. The van der Waals surface area contributed by atoms with Crippen molar-refractivity contribution in [2.24, 2.45) is 0 Å². The molecule has 1 aromatic heterocycles. The summed E-state index contributed by atoms with van der Waals surface area (Å²) in [7, 11) is 1.87. The van der Waals surface area contributed by atoms with Gasteiger partial charge < -0.3 is 5.32 Å². The van der Waals surface area contributed by atoms with Crippen molar-refractivity contribution >= 4 is 0 Å². The molecule has 0 atom stereocenters. The van der Waals surface area contributed by atoms with Crippen LogP contribution in [0.3, 0.4) is 0 Å². The van der Waals surface area contributed by atoms with E-state index in [0.717, 1.165) is 29.8 Å². The van der Waals surface area contributed by atoms with E-state index < -0.39 is 0 Å². The van der Waals surface area contributed by atoms with Crippen molar-refractivity contribution in [2.75, 3.05) is 7.05 Å². The van der Waals surface area contributed by atoms with Crippen molar-refractivity contribution < 1.29 is 4.39 Å². The largest absolute Gasteiger partial charge is 0.316 e. The van der Waals surface area contributed by atoms with Gasteiger partial charge in [-0.2, -0.15) is 0 Å². The van der Waals surface area contributed by atoms with Gasteiger partial charge >= 0.3 is 0 Å². The van der Waals surface area contributed by atoms with Crippen LogP contribution in [0.4, 0.5) is 4.39 Å². The Morgan fingerprint density at radius 2 is 2.22 bits per heavy atom. The summed E-state index contributed by atoms with van der Waals surface area (Å²) in [5.41, 5.74) is 2.75. The molecule has 0 fully saturated rings. The molecule has 2 rings (SSSR count). The van der Waals surface area contributed by atoms with Crippen LogP contribution in [0.5, 0.6) is 0 Å². The van der Waals surface area contributed by atoms with Gasteiger partial charge in [-0.1, -0.05) is 18.2 Å². The summed E-state index contributed by atoms with van der Waals surface area (Å²) in [5.74, 6) is -0.242. The van der Waals surface area contributed by atoms with Crippen LogP contribution >= 0.6 is 0 Å². The highest BCUT2D eigenvalue weighted by Crippen LogP contribution is 2.24. The molecular formula is C13H17FN4. The van der Waals surface area contributed by atoms with E-state index >= 15 is 0 Å². The van der Waals surface area contributed by atoms with Gasteiger partial charge in [0, 0.05) is 18.7 Å². The second kappa shape index (κ2) is 5.73. The highest BCUT2D eigenvalue weighted by Gasteiger charge is 2.11. The molecule has 1 aromatic carbocycles. The van der Waals surface area contributed by atoms with Crippen LogP contribution in [-0.4, -0.2) is 22.0 Å². The van der Waals surface area contributed by atoms with Gasteiger partial charge in [0.1, 0.15) is 5.82 Å². The number of rotatable bonds is 5. The Morgan fingerprint density at radius 3 is 2.94 bits per heavy atom. The van der Waals surface area contributed by atoms with E-state index in [1.165, 1.54) is 12.1 Å². The first-order valence-electron chi connectivity index (χ1n) is 6.08. The minimum absolute atomic E-state index is 0.242. The van der Waals surface area contributed by atoms with E-state index in [4.69, 9.17) is 0 Å². The highest BCUT2D eigenvalue weighted by atomic mass is 19.1. The maximum atomic E-state index is 13.4. The van der Waals surface area contributed by atoms with Gasteiger partial charge in [-0.3, -0.25) is 0 Å². The molecule has 1 heterocycles. The van der Waals surface area contributed by atoms with Gasteiger partial charge in [0.25, 0.3) is 0 Å². The molecular weight excluding hydrogens is 231 g/mol. The summed E-state index contributed by atoms with van der Waals surface area (Å²) < 4.78 is 15.2. The summed E-state index contributed by atoms with van der Waals surface area (Å²) in [6.07, 6.45) is 2.65. The standard InChI is InChI=1S/C13H17FN4/c1-3-6-18-13(9-16-17-18)12-7-11(14)5-4-10(12)8-15-2/h4-5,7,9,15H,3,6,8H2,1-2H3. The Labute approximate surface area is 106 Å². The topological polar surface area (TPSA) is 42.7 Å². The lowest BCUT2D eigenvalue weighted by molar-refractivity contribution is 0.582. The number of hydrogen-bond acceptors (Lipinski definition) is 3. The summed E-state index contributed by atoms with van der Waals surface area (Å²) in [6, 6.07) is 4.81. The lowest BCUT2D eigenvalue weighted by Gasteiger charge is -2.10. The first-order chi connectivity index (χ1) is 8.76. The van der Waals surface area contributed by atoms with Crippen LogP contribution < -0.4 is 5.32 Å². The molecule has 0 spiro atoms. The smallest absolute Gasteiger partial charge is 0.123 e. The van der Waals surface area contributed by atoms with Gasteiger partial charge in [0.15, 0.2) is 0 Å². The molecule has 2 aromatic rings. The zero-order valence-electron chi connectivity index (χ0n) is 10.7. The Kier molecular flexibility index (Phi) is 4.04. The van der Waals surface area contributed by atoms with E-state index in [9.17, 15) is 4.39 Å². The Morgan fingerprint density at radius 1 is 1.39 bits per heavy atom. The van der Waals surface area contributed by atoms with Gasteiger partial charge in [0.2, 0.25) is 0 Å². The van der Waals surface area contributed by atoms with E-state index in [2.05, 4.69) is 22.6 Å². The summed E-state index contributed by atoms with van der Waals surface area (Å²) >= 11 is 0. The maximum absolute atomic E-state index is 13.4. The molecule has 0 saturated carbocycles. The second-order valence-electron chi connectivity index (χ2n) is 4.17. The van der Waals surface area contributed by atoms with E-state index in [-0.39, 0.29) is 5.82 Å². The first-order valence-corrected chi connectivity index (χ1v) is 6.08. The van der Waals surface area contributed by atoms with Crippen LogP contribution in [0.25, 0.3) is 11.3 Å². The summed E-state index contributed by atoms with van der Waals surface area (Å²) in [4.78, 5) is 0. The fourth-order valence-electron chi connectivity index (χ4n) is 1.97. The Hall–Kier alpha value is -1.75. The van der Waals surface area contributed by atoms with Crippen molar-refractivity contribution in [2.45, 2.75) is 26.4 Å². The number of aryl methyl sites for hydroxylation is 1. The summed E-state index contributed by atoms with van der Waals surface area (Å²) in [5, 5.41) is 11.0. The maximum Gasteiger partial charge on any atom is 0.123 e. The van der Waals surface area contributed by atoms with E-state index in [1.54, 1.807) is 12.3 Å². The molecule has 0 radical (unpaired) electrons. The SMILES string of the molecule is CCCn1nncc1-c1cc(F)ccc1CNC. The molecule has 0 aliphatic carbocycles. The van der Waals surface area contributed by atoms with Gasteiger partial charge in [-0.25, -0.2) is 9.07 Å². The monoisotopic (exact) mass is 248 g/mol. The molecule has 0 aliphatic heterocycles. The van der Waals surface area contributed by atoms with E-state index in [1.807, 2.05) is 11.7 Å². The van der Waals surface area contributed by atoms with Crippen LogP contribution in [0, 0.1) is 5.82 Å². The van der Waals surface area contributed by atoms with Crippen LogP contribution in [0.15, 0.2) is 24.4 Å². The zero-order valence-corrected chi connectivity index (χ0v) is 10.7. The molecule has 0 aliphatic rings. The molecule has 96 valence electrons. The average molecular weight is 248 g/mol. The molecule has 0 saturated heterocycles. The first kappa shape index (κ1) is 12.7. The van der Waals surface area contributed by atoms with Crippen molar-refractivity contribution in [3.8, 4) is 11.3 Å². The lowest BCUT2D eigenvalue weighted by Crippen LogP contribution is -2.08. The fraction of sp³-hybridized carbons (Fsp3) is 0.385. The fourth-order valence-corrected chi connectivity index (χ4v) is 1.97. The number of hydrogen-bond donors (Lipinski definition) is 1. The van der Waals surface area contributed by atoms with Crippen molar-refractivity contribution in [3.05, 3.63) is 35.8 Å². The normalized spacial score (nSPS) is 10.8. The molecule has 0 unspecified atom stereocenters. The molecule has 1 N–H and O–H groups in total. The molecule has 0 amide bonds.